The molecule has 0 amide bonds. The van der Waals surface area contributed by atoms with Gasteiger partial charge in [-0.3, -0.25) is 0 Å². The summed E-state index contributed by atoms with van der Waals surface area (Å²) in [7, 11) is 1.67. The smallest absolute Gasteiger partial charge is 0.0701 e. The Balaban J connectivity index is 1.89. The Hall–Kier alpha value is -0.900. The van der Waals surface area contributed by atoms with Crippen LogP contribution in [0.25, 0.3) is 0 Å². The molecule has 90 valence electrons. The third-order valence-corrected chi connectivity index (χ3v) is 2.18. The first-order valence-corrected chi connectivity index (χ1v) is 5.62. The molecule has 3 nitrogen and oxygen atoms in total. The minimum atomic E-state index is 0.637. The molecule has 0 aliphatic heterocycles. The molecular weight excluding hydrogens is 204 g/mol. The predicted octanol–water partition coefficient (Wildman–Crippen LogP) is 1.91. The lowest BCUT2D eigenvalue weighted by molar-refractivity contribution is 0.0255. The van der Waals surface area contributed by atoms with Gasteiger partial charge in [0.1, 0.15) is 0 Å². The van der Waals surface area contributed by atoms with E-state index in [1.165, 1.54) is 5.56 Å². The Morgan fingerprint density at radius 3 is 2.12 bits per heavy atom. The molecule has 0 aromatic heterocycles. The second-order valence-electron chi connectivity index (χ2n) is 3.45. The molecular formula is C13H20O3. The van der Waals surface area contributed by atoms with Crippen molar-refractivity contribution >= 4 is 0 Å². The number of methoxy groups -OCH3 is 1. The maximum absolute atomic E-state index is 5.45. The van der Waals surface area contributed by atoms with Crippen LogP contribution in [0.4, 0.5) is 0 Å². The molecule has 0 aliphatic rings. The molecule has 1 aromatic carbocycles. The van der Waals surface area contributed by atoms with E-state index >= 15 is 0 Å². The van der Waals surface area contributed by atoms with Crippen LogP contribution in [0.1, 0.15) is 5.56 Å². The largest absolute Gasteiger partial charge is 0.382 e. The average Bonchev–Trinajstić information content (AvgIpc) is 2.34. The maximum Gasteiger partial charge on any atom is 0.0701 e. The topological polar surface area (TPSA) is 27.7 Å². The van der Waals surface area contributed by atoms with Gasteiger partial charge < -0.3 is 14.2 Å². The zero-order valence-electron chi connectivity index (χ0n) is 9.85. The standard InChI is InChI=1S/C13H20O3/c1-14-9-10-16-12-11-15-8-7-13-5-3-2-4-6-13/h2-6H,7-12H2,1H3. The highest BCUT2D eigenvalue weighted by Crippen LogP contribution is 1.99. The van der Waals surface area contributed by atoms with Crippen LogP contribution >= 0.6 is 0 Å². The van der Waals surface area contributed by atoms with Crippen molar-refractivity contribution in [1.82, 2.24) is 0 Å². The van der Waals surface area contributed by atoms with E-state index in [1.54, 1.807) is 7.11 Å². The number of hydrogen-bond acceptors (Lipinski definition) is 3. The van der Waals surface area contributed by atoms with Crippen molar-refractivity contribution in [2.75, 3.05) is 40.1 Å². The fourth-order valence-electron chi connectivity index (χ4n) is 1.30. The molecule has 0 bridgehead atoms. The van der Waals surface area contributed by atoms with Gasteiger partial charge in [0.25, 0.3) is 0 Å². The lowest BCUT2D eigenvalue weighted by Crippen LogP contribution is -2.09. The zero-order valence-corrected chi connectivity index (χ0v) is 9.85. The lowest BCUT2D eigenvalue weighted by atomic mass is 10.2. The van der Waals surface area contributed by atoms with Crippen molar-refractivity contribution in [2.45, 2.75) is 6.42 Å². The summed E-state index contributed by atoms with van der Waals surface area (Å²) < 4.78 is 15.6. The highest BCUT2D eigenvalue weighted by Gasteiger charge is 1.92. The Kier molecular flexibility index (Phi) is 7.68. The molecule has 0 unspecified atom stereocenters. The van der Waals surface area contributed by atoms with Crippen molar-refractivity contribution in [3.05, 3.63) is 35.9 Å². The Morgan fingerprint density at radius 2 is 1.44 bits per heavy atom. The van der Waals surface area contributed by atoms with Crippen molar-refractivity contribution in [1.29, 1.82) is 0 Å². The first-order chi connectivity index (χ1) is 7.93. The van der Waals surface area contributed by atoms with Crippen LogP contribution in [0.2, 0.25) is 0 Å². The second kappa shape index (κ2) is 9.33. The monoisotopic (exact) mass is 224 g/mol. The van der Waals surface area contributed by atoms with Gasteiger partial charge in [-0.15, -0.1) is 0 Å². The molecule has 0 atom stereocenters. The molecule has 3 heteroatoms. The van der Waals surface area contributed by atoms with E-state index in [1.807, 2.05) is 18.2 Å². The van der Waals surface area contributed by atoms with Gasteiger partial charge in [0.15, 0.2) is 0 Å². The SMILES string of the molecule is COCCOCCOCCc1ccccc1. The molecule has 1 rings (SSSR count). The zero-order chi connectivity index (χ0) is 11.5. The number of rotatable bonds is 9. The van der Waals surface area contributed by atoms with Gasteiger partial charge in [-0.2, -0.15) is 0 Å². The van der Waals surface area contributed by atoms with Crippen LogP contribution in [0.5, 0.6) is 0 Å². The minimum absolute atomic E-state index is 0.637. The van der Waals surface area contributed by atoms with Crippen molar-refractivity contribution in [3.63, 3.8) is 0 Å². The minimum Gasteiger partial charge on any atom is -0.382 e. The van der Waals surface area contributed by atoms with Crippen molar-refractivity contribution < 1.29 is 14.2 Å². The lowest BCUT2D eigenvalue weighted by Gasteiger charge is -2.05. The van der Waals surface area contributed by atoms with Crippen molar-refractivity contribution in [2.24, 2.45) is 0 Å². The number of ether oxygens (including phenoxy) is 3. The summed E-state index contributed by atoms with van der Waals surface area (Å²) in [6, 6.07) is 10.3. The van der Waals surface area contributed by atoms with E-state index in [4.69, 9.17) is 14.2 Å². The summed E-state index contributed by atoms with van der Waals surface area (Å²) in [5, 5.41) is 0. The molecule has 0 radical (unpaired) electrons. The van der Waals surface area contributed by atoms with E-state index < -0.39 is 0 Å². The van der Waals surface area contributed by atoms with E-state index in [2.05, 4.69) is 12.1 Å². The molecule has 0 spiro atoms. The number of benzene rings is 1. The third-order valence-electron chi connectivity index (χ3n) is 2.18. The quantitative estimate of drug-likeness (QED) is 0.600. The Morgan fingerprint density at radius 1 is 0.812 bits per heavy atom. The van der Waals surface area contributed by atoms with Crippen LogP contribution in [-0.2, 0) is 20.6 Å². The predicted molar refractivity (Wildman–Crippen MR) is 63.7 cm³/mol. The van der Waals surface area contributed by atoms with E-state index in [9.17, 15) is 0 Å². The first kappa shape index (κ1) is 13.2. The molecule has 0 N–H and O–H groups in total. The van der Waals surface area contributed by atoms with Crippen LogP contribution < -0.4 is 0 Å². The van der Waals surface area contributed by atoms with E-state index in [0.29, 0.717) is 26.4 Å². The van der Waals surface area contributed by atoms with Gasteiger partial charge in [0.2, 0.25) is 0 Å². The van der Waals surface area contributed by atoms with E-state index in [-0.39, 0.29) is 0 Å². The highest BCUT2D eigenvalue weighted by molar-refractivity contribution is 5.14. The fraction of sp³-hybridized carbons (Fsp3) is 0.538. The Labute approximate surface area is 97.3 Å². The number of hydrogen-bond donors (Lipinski definition) is 0. The van der Waals surface area contributed by atoms with E-state index in [0.717, 1.165) is 13.0 Å². The van der Waals surface area contributed by atoms with Gasteiger partial charge in [0.05, 0.1) is 33.0 Å². The molecule has 0 aliphatic carbocycles. The summed E-state index contributed by atoms with van der Waals surface area (Å²) in [6.45, 7) is 3.31. The molecule has 0 heterocycles. The van der Waals surface area contributed by atoms with Gasteiger partial charge in [-0.05, 0) is 12.0 Å². The van der Waals surface area contributed by atoms with Crippen LogP contribution in [0.3, 0.4) is 0 Å². The maximum atomic E-state index is 5.45. The fourth-order valence-corrected chi connectivity index (χ4v) is 1.30. The van der Waals surface area contributed by atoms with Gasteiger partial charge in [-0.1, -0.05) is 30.3 Å². The van der Waals surface area contributed by atoms with Crippen LogP contribution in [0.15, 0.2) is 30.3 Å². The summed E-state index contributed by atoms with van der Waals surface area (Å²) in [4.78, 5) is 0. The van der Waals surface area contributed by atoms with Gasteiger partial charge in [0, 0.05) is 7.11 Å². The molecule has 1 aromatic rings. The molecule has 0 saturated heterocycles. The van der Waals surface area contributed by atoms with Crippen LogP contribution in [0, 0.1) is 0 Å². The molecule has 16 heavy (non-hydrogen) atoms. The Bertz CT molecular complexity index is 249. The van der Waals surface area contributed by atoms with Crippen LogP contribution in [-0.4, -0.2) is 40.1 Å². The van der Waals surface area contributed by atoms with Gasteiger partial charge in [-0.25, -0.2) is 0 Å². The summed E-state index contributed by atoms with van der Waals surface area (Å²) >= 11 is 0. The van der Waals surface area contributed by atoms with Gasteiger partial charge >= 0.3 is 0 Å². The summed E-state index contributed by atoms with van der Waals surface area (Å²) in [5.41, 5.74) is 1.31. The first-order valence-electron chi connectivity index (χ1n) is 5.62. The molecule has 0 saturated carbocycles. The highest BCUT2D eigenvalue weighted by atomic mass is 16.5. The second-order valence-corrected chi connectivity index (χ2v) is 3.45. The molecule has 0 fully saturated rings. The summed E-state index contributed by atoms with van der Waals surface area (Å²) in [5.74, 6) is 0. The summed E-state index contributed by atoms with van der Waals surface area (Å²) in [6.07, 6.45) is 0.957. The third kappa shape index (κ3) is 6.56. The normalized spacial score (nSPS) is 10.6. The average molecular weight is 224 g/mol. The van der Waals surface area contributed by atoms with Crippen molar-refractivity contribution in [3.8, 4) is 0 Å².